The number of fused-ring (bicyclic) bond motifs is 4. The van der Waals surface area contributed by atoms with Gasteiger partial charge in [0.1, 0.15) is 0 Å². The number of piperidine rings is 1. The maximum absolute atomic E-state index is 13.3. The summed E-state index contributed by atoms with van der Waals surface area (Å²) >= 11 is 0. The molecular weight excluding hydrogens is 426 g/mol. The van der Waals surface area contributed by atoms with Crippen LogP contribution >= 0.6 is 0 Å². The van der Waals surface area contributed by atoms with E-state index in [-0.39, 0.29) is 34.1 Å². The predicted octanol–water partition coefficient (Wildman–Crippen LogP) is 3.18. The van der Waals surface area contributed by atoms with Crippen LogP contribution in [0.1, 0.15) is 50.1 Å². The average Bonchev–Trinajstić information content (AvgIpc) is 2.82. The highest BCUT2D eigenvalue weighted by Gasteiger charge is 2.41. The van der Waals surface area contributed by atoms with E-state index in [9.17, 15) is 18.0 Å². The molecule has 170 valence electrons. The number of nitrogens with zero attached hydrogens (tertiary/aromatic N) is 2. The molecule has 1 aromatic heterocycles. The molecule has 3 aliphatic rings. The number of carbonyl (C=O) groups excluding carboxylic acids is 1. The summed E-state index contributed by atoms with van der Waals surface area (Å²) in [6.45, 7) is 1.18. The van der Waals surface area contributed by atoms with Gasteiger partial charge in [-0.25, -0.2) is 8.42 Å². The average molecular weight is 456 g/mol. The molecule has 1 aromatic carbocycles. The second kappa shape index (κ2) is 8.48. The fraction of sp³-hybridized carbons (Fsp3) is 0.500. The summed E-state index contributed by atoms with van der Waals surface area (Å²) in [7, 11) is -3.61. The van der Waals surface area contributed by atoms with Gasteiger partial charge in [0.25, 0.3) is 5.56 Å². The zero-order chi connectivity index (χ0) is 22.3. The van der Waals surface area contributed by atoms with Gasteiger partial charge in [-0.05, 0) is 43.4 Å². The Morgan fingerprint density at radius 3 is 2.44 bits per heavy atom. The van der Waals surface area contributed by atoms with E-state index in [1.165, 1.54) is 12.5 Å². The number of nitrogens with one attached hydrogen (secondary N) is 1. The van der Waals surface area contributed by atoms with E-state index in [1.54, 1.807) is 45.3 Å². The first kappa shape index (κ1) is 21.4. The molecule has 1 N–H and O–H groups in total. The van der Waals surface area contributed by atoms with E-state index in [0.717, 1.165) is 37.8 Å². The van der Waals surface area contributed by atoms with Crippen molar-refractivity contribution < 1.29 is 13.2 Å². The third-order valence-corrected chi connectivity index (χ3v) is 9.02. The third kappa shape index (κ3) is 3.90. The standard InChI is InChI=1S/C24H29N3O4S/c28-22-12-11-21(25-24(29)18-7-3-1-4-8-18)23-19-13-17(15-27(22)23)14-26(16-19)32(30,31)20-9-5-2-6-10-20/h2,5-6,9-12,17-19H,1,3-4,7-8,13-16H2,(H,25,29)/t17-,19-/m1/s1. The van der Waals surface area contributed by atoms with E-state index >= 15 is 0 Å². The Bertz CT molecular complexity index is 1170. The maximum Gasteiger partial charge on any atom is 0.250 e. The van der Waals surface area contributed by atoms with Gasteiger partial charge in [-0.15, -0.1) is 0 Å². The monoisotopic (exact) mass is 455 g/mol. The first-order valence-corrected chi connectivity index (χ1v) is 13.0. The molecule has 1 aliphatic carbocycles. The van der Waals surface area contributed by atoms with Crippen LogP contribution in [-0.2, 0) is 21.4 Å². The van der Waals surface area contributed by atoms with Crippen LogP contribution in [-0.4, -0.2) is 36.3 Å². The Kier molecular flexibility index (Phi) is 5.67. The van der Waals surface area contributed by atoms with Gasteiger partial charge in [0.2, 0.25) is 15.9 Å². The summed E-state index contributed by atoms with van der Waals surface area (Å²) in [6, 6.07) is 11.7. The van der Waals surface area contributed by atoms with E-state index in [2.05, 4.69) is 5.32 Å². The van der Waals surface area contributed by atoms with Gasteiger partial charge < -0.3 is 9.88 Å². The van der Waals surface area contributed by atoms with Gasteiger partial charge in [0.15, 0.2) is 0 Å². The number of anilines is 1. The molecule has 0 spiro atoms. The summed E-state index contributed by atoms with van der Waals surface area (Å²) in [5.74, 6) is -0.0369. The van der Waals surface area contributed by atoms with Crippen molar-refractivity contribution in [2.45, 2.75) is 55.9 Å². The van der Waals surface area contributed by atoms with E-state index < -0.39 is 10.0 Å². The molecule has 7 nitrogen and oxygen atoms in total. The molecule has 32 heavy (non-hydrogen) atoms. The molecule has 2 fully saturated rings. The first-order chi connectivity index (χ1) is 15.4. The quantitative estimate of drug-likeness (QED) is 0.767. The second-order valence-corrected chi connectivity index (χ2v) is 11.3. The Morgan fingerprint density at radius 1 is 0.938 bits per heavy atom. The summed E-state index contributed by atoms with van der Waals surface area (Å²) in [5.41, 5.74) is 1.33. The summed E-state index contributed by atoms with van der Waals surface area (Å²) in [6.07, 6.45) is 5.93. The number of amides is 1. The largest absolute Gasteiger partial charge is 0.324 e. The number of aromatic nitrogens is 1. The summed E-state index contributed by atoms with van der Waals surface area (Å²) in [4.78, 5) is 25.9. The van der Waals surface area contributed by atoms with Crippen LogP contribution in [0.4, 0.5) is 5.69 Å². The molecule has 0 unspecified atom stereocenters. The van der Waals surface area contributed by atoms with Gasteiger partial charge in [-0.3, -0.25) is 9.59 Å². The lowest BCUT2D eigenvalue weighted by atomic mass is 9.83. The number of sulfonamides is 1. The molecule has 1 saturated heterocycles. The van der Waals surface area contributed by atoms with Crippen LogP contribution < -0.4 is 10.9 Å². The minimum absolute atomic E-state index is 0.00831. The lowest BCUT2D eigenvalue weighted by Gasteiger charge is -2.42. The van der Waals surface area contributed by atoms with Crippen LogP contribution in [0.3, 0.4) is 0 Å². The lowest BCUT2D eigenvalue weighted by Crippen LogP contribution is -2.49. The van der Waals surface area contributed by atoms with E-state index in [4.69, 9.17) is 0 Å². The highest BCUT2D eigenvalue weighted by atomic mass is 32.2. The molecule has 1 saturated carbocycles. The van der Waals surface area contributed by atoms with Gasteiger partial charge >= 0.3 is 0 Å². The molecule has 2 aromatic rings. The predicted molar refractivity (Wildman–Crippen MR) is 122 cm³/mol. The highest BCUT2D eigenvalue weighted by molar-refractivity contribution is 7.89. The number of benzene rings is 1. The smallest absolute Gasteiger partial charge is 0.250 e. The fourth-order valence-corrected chi connectivity index (χ4v) is 7.20. The molecule has 8 heteroatoms. The number of hydrogen-bond donors (Lipinski definition) is 1. The number of pyridine rings is 1. The van der Waals surface area contributed by atoms with Crippen LogP contribution in [0.2, 0.25) is 0 Å². The third-order valence-electron chi connectivity index (χ3n) is 7.17. The van der Waals surface area contributed by atoms with Gasteiger partial charge in [0, 0.05) is 43.2 Å². The van der Waals surface area contributed by atoms with Crippen molar-refractivity contribution in [3.8, 4) is 0 Å². The first-order valence-electron chi connectivity index (χ1n) is 11.5. The zero-order valence-electron chi connectivity index (χ0n) is 18.1. The topological polar surface area (TPSA) is 88.5 Å². The van der Waals surface area contributed by atoms with E-state index in [1.807, 2.05) is 0 Å². The van der Waals surface area contributed by atoms with Crippen molar-refractivity contribution in [1.29, 1.82) is 0 Å². The molecule has 5 rings (SSSR count). The highest BCUT2D eigenvalue weighted by Crippen LogP contribution is 2.40. The maximum atomic E-state index is 13.3. The normalized spacial score (nSPS) is 24.0. The Hall–Kier alpha value is -2.45. The molecular formula is C24H29N3O4S. The van der Waals surface area contributed by atoms with Crippen molar-refractivity contribution in [3.63, 3.8) is 0 Å². The molecule has 3 heterocycles. The zero-order valence-corrected chi connectivity index (χ0v) is 18.9. The molecule has 2 aliphatic heterocycles. The summed E-state index contributed by atoms with van der Waals surface area (Å²) in [5, 5.41) is 3.09. The Labute approximate surface area is 188 Å². The van der Waals surface area contributed by atoms with Crippen molar-refractivity contribution >= 4 is 21.6 Å². The Morgan fingerprint density at radius 2 is 1.69 bits per heavy atom. The van der Waals surface area contributed by atoms with Crippen LogP contribution in [0, 0.1) is 11.8 Å². The van der Waals surface area contributed by atoms with Crippen LogP contribution in [0.25, 0.3) is 0 Å². The van der Waals surface area contributed by atoms with E-state index in [0.29, 0.717) is 25.3 Å². The summed E-state index contributed by atoms with van der Waals surface area (Å²) < 4.78 is 29.8. The SMILES string of the molecule is O=C(Nc1ccc(=O)n2c1[C@@H]1C[C@H](CN(S(=O)(=O)c3ccccc3)C1)C2)C1CCCCC1. The van der Waals surface area contributed by atoms with Crippen molar-refractivity contribution in [2.75, 3.05) is 18.4 Å². The van der Waals surface area contributed by atoms with Crippen LogP contribution in [0.5, 0.6) is 0 Å². The Balaban J connectivity index is 1.45. The van der Waals surface area contributed by atoms with Crippen molar-refractivity contribution in [2.24, 2.45) is 11.8 Å². The van der Waals surface area contributed by atoms with Crippen LogP contribution in [0.15, 0.2) is 52.2 Å². The van der Waals surface area contributed by atoms with Gasteiger partial charge in [-0.2, -0.15) is 4.31 Å². The molecule has 0 radical (unpaired) electrons. The minimum Gasteiger partial charge on any atom is -0.324 e. The molecule has 1 amide bonds. The molecule has 2 bridgehead atoms. The van der Waals surface area contributed by atoms with Crippen molar-refractivity contribution in [1.82, 2.24) is 8.87 Å². The lowest BCUT2D eigenvalue weighted by molar-refractivity contribution is -0.120. The van der Waals surface area contributed by atoms with Crippen molar-refractivity contribution in [3.05, 3.63) is 58.5 Å². The van der Waals surface area contributed by atoms with Gasteiger partial charge in [0.05, 0.1) is 10.6 Å². The number of carbonyl (C=O) groups is 1. The van der Waals surface area contributed by atoms with Gasteiger partial charge in [-0.1, -0.05) is 37.5 Å². The second-order valence-electron chi connectivity index (χ2n) is 9.34. The number of hydrogen-bond acceptors (Lipinski definition) is 4. The number of rotatable bonds is 4. The fourth-order valence-electron chi connectivity index (χ4n) is 5.61. The minimum atomic E-state index is -3.61. The molecule has 2 atom stereocenters.